The van der Waals surface area contributed by atoms with Crippen LogP contribution in [0.5, 0.6) is 0 Å². The summed E-state index contributed by atoms with van der Waals surface area (Å²) in [4.78, 5) is 26.8. The van der Waals surface area contributed by atoms with Crippen LogP contribution in [-0.2, 0) is 12.8 Å². The van der Waals surface area contributed by atoms with Gasteiger partial charge in [0.05, 0.1) is 0 Å². The third-order valence-corrected chi connectivity index (χ3v) is 16.6. The molecular weight excluding hydrogens is 1320 g/mol. The molecule has 0 aliphatic heterocycles. The number of hydrogen-bond acceptors (Lipinski definition) is 10. The lowest BCUT2D eigenvalue weighted by Crippen LogP contribution is -2.29. The molecule has 96 heavy (non-hydrogen) atoms. The monoisotopic (exact) mass is 1370 g/mol. The van der Waals surface area contributed by atoms with Gasteiger partial charge in [-0.15, -0.1) is 0 Å². The van der Waals surface area contributed by atoms with Crippen molar-refractivity contribution >= 4 is 75.9 Å². The Morgan fingerprint density at radius 2 is 0.552 bits per heavy atom. The fraction of sp³-hybridized carbons (Fsp3) is 0.0250. The number of fused-ring (bicyclic) bond motifs is 6. The van der Waals surface area contributed by atoms with Crippen LogP contribution in [0, 0.1) is 0 Å². The lowest BCUT2D eigenvalue weighted by atomic mass is 9.81. The second-order valence-corrected chi connectivity index (χ2v) is 24.1. The van der Waals surface area contributed by atoms with Gasteiger partial charge in [0, 0.05) is 42.3 Å². The fourth-order valence-corrected chi connectivity index (χ4v) is 11.4. The number of aromatic nitrogens is 6. The Morgan fingerprint density at radius 3 is 0.948 bits per heavy atom. The second-order valence-electron chi connectivity index (χ2n) is 21.9. The number of hydrogen-bond donors (Lipinski definition) is 4. The first kappa shape index (κ1) is 67.4. The molecule has 0 atom stereocenters. The smallest absolute Gasteiger partial charge is 0.423 e. The number of benzene rings is 12. The summed E-state index contributed by atoms with van der Waals surface area (Å²) in [5, 5.41) is 35.9. The molecule has 2 heterocycles. The maximum atomic E-state index is 8.63. The van der Waals surface area contributed by atoms with Crippen LogP contribution in [0.3, 0.4) is 0 Å². The van der Waals surface area contributed by atoms with Crippen molar-refractivity contribution in [2.75, 3.05) is 0 Å². The predicted molar refractivity (Wildman–Crippen MR) is 397 cm³/mol. The largest absolute Gasteiger partial charge is 0.488 e. The summed E-state index contributed by atoms with van der Waals surface area (Å²) in [5.41, 5.74) is 19.6. The van der Waals surface area contributed by atoms with Crippen LogP contribution in [0.15, 0.2) is 320 Å². The van der Waals surface area contributed by atoms with Crippen LogP contribution in [0.1, 0.15) is 22.3 Å². The van der Waals surface area contributed by atoms with Crippen molar-refractivity contribution in [2.24, 2.45) is 0 Å². The van der Waals surface area contributed by atoms with Crippen molar-refractivity contribution in [3.8, 4) is 90.3 Å². The summed E-state index contributed by atoms with van der Waals surface area (Å²) in [5.74, 6) is 3.10. The molecule has 0 radical (unpaired) electrons. The average Bonchev–Trinajstić information content (AvgIpc) is 1.61. The van der Waals surface area contributed by atoms with Crippen molar-refractivity contribution in [3.05, 3.63) is 358 Å². The van der Waals surface area contributed by atoms with Gasteiger partial charge in [-0.3, -0.25) is 0 Å². The van der Waals surface area contributed by atoms with E-state index in [1.165, 1.54) is 55.6 Å². The van der Waals surface area contributed by atoms with Gasteiger partial charge in [-0.05, 0) is 146 Å². The molecule has 0 unspecified atom stereocenters. The highest BCUT2D eigenvalue weighted by Gasteiger charge is 2.20. The molecule has 16 heteroatoms. The molecule has 0 amide bonds. The lowest BCUT2D eigenvalue weighted by molar-refractivity contribution is 0.424. The van der Waals surface area contributed by atoms with Gasteiger partial charge in [0.2, 0.25) is 5.28 Å². The molecule has 2 aliphatic carbocycles. The third-order valence-electron chi connectivity index (χ3n) is 15.4. The van der Waals surface area contributed by atoms with Gasteiger partial charge in [0.25, 0.3) is 0 Å². The Balaban J connectivity index is 0.000000121. The van der Waals surface area contributed by atoms with Crippen LogP contribution < -0.4 is 10.9 Å². The molecule has 2 aliphatic rings. The fourth-order valence-electron chi connectivity index (χ4n) is 10.6. The third kappa shape index (κ3) is 18.3. The minimum absolute atomic E-state index is 0.202. The molecule has 10 nitrogen and oxygen atoms in total. The van der Waals surface area contributed by atoms with E-state index in [4.69, 9.17) is 54.9 Å². The Kier molecular flexibility index (Phi) is 23.4. The quantitative estimate of drug-likeness (QED) is 0.108. The first-order chi connectivity index (χ1) is 46.9. The Bertz CT molecular complexity index is 4700. The van der Waals surface area contributed by atoms with E-state index in [9.17, 15) is 0 Å². The Labute approximate surface area is 582 Å². The van der Waals surface area contributed by atoms with Crippen molar-refractivity contribution in [1.29, 1.82) is 0 Å². The zero-order chi connectivity index (χ0) is 66.6. The number of rotatable bonds is 8. The maximum absolute atomic E-state index is 8.63. The standard InChI is InChI=1S/C21H14ClN3.C19H14.C15H10ClN3.C13H9Br.C6H6BClO2.C6H7BO2/c22-18-13-11-17(12-14-18)21-24-19(15-7-3-1-4-8-15)23-20(25-21)16-9-5-2-6-10-16;1-2-6-14(7-3-1)15-10-11-17-12-16-8-4-5-9-18(16)19(17)13-15;16-15-18-13(11-7-3-1-4-8-11)17-14(19-15)12-9-5-2-6-10-12;14-11-6-5-10-7-9-3-1-2-4-12(9)13(10)8-11;8-6-3-1-5(2-4-6)7(9)10;8-7(9)6-4-2-1-3-5-6/h1-14H;1-11,13H,12H2;1-10H;1-6,8H,7H2;1-4,9-10H;1-5,8-9H. The van der Waals surface area contributed by atoms with E-state index < -0.39 is 14.2 Å². The summed E-state index contributed by atoms with van der Waals surface area (Å²) < 4.78 is 1.16. The Hall–Kier alpha value is -10.0. The van der Waals surface area contributed by atoms with Crippen molar-refractivity contribution < 1.29 is 20.1 Å². The molecular formula is C80H60B2BrCl3N6O4. The highest BCUT2D eigenvalue weighted by Crippen LogP contribution is 2.40. The zero-order valence-corrected chi connectivity index (χ0v) is 55.4. The predicted octanol–water partition coefficient (Wildman–Crippen LogP) is 17.7. The van der Waals surface area contributed by atoms with Gasteiger partial charge in [0.1, 0.15) is 0 Å². The van der Waals surface area contributed by atoms with E-state index >= 15 is 0 Å². The summed E-state index contributed by atoms with van der Waals surface area (Å²) in [6.45, 7) is 0. The second kappa shape index (κ2) is 33.4. The number of halogens is 4. The molecule has 468 valence electrons. The first-order valence-electron chi connectivity index (χ1n) is 30.7. The van der Waals surface area contributed by atoms with Crippen LogP contribution in [0.25, 0.3) is 90.3 Å². The topological polar surface area (TPSA) is 158 Å². The molecule has 0 saturated heterocycles. The van der Waals surface area contributed by atoms with Crippen LogP contribution in [0.4, 0.5) is 0 Å². The van der Waals surface area contributed by atoms with Gasteiger partial charge < -0.3 is 20.1 Å². The molecule has 4 N–H and O–H groups in total. The van der Waals surface area contributed by atoms with Crippen molar-refractivity contribution in [1.82, 2.24) is 29.9 Å². The Morgan fingerprint density at radius 1 is 0.260 bits per heavy atom. The van der Waals surface area contributed by atoms with Gasteiger partial charge in [-0.25, -0.2) is 19.9 Å². The SMILES string of the molecule is Brc1ccc2c(c1)-c1ccccc1C2.Clc1ccc(-c2nc(-c3ccccc3)nc(-c3ccccc3)n2)cc1.Clc1nc(-c2ccccc2)nc(-c2ccccc2)n1.OB(O)c1ccc(Cl)cc1.OB(O)c1ccccc1.c1ccc(-c2ccc3c(c2)-c2ccccc2C3)cc1. The maximum Gasteiger partial charge on any atom is 0.488 e. The molecule has 12 aromatic carbocycles. The van der Waals surface area contributed by atoms with Crippen LogP contribution in [-0.4, -0.2) is 64.2 Å². The highest BCUT2D eigenvalue weighted by atomic mass is 79.9. The van der Waals surface area contributed by atoms with Gasteiger partial charge in [-0.1, -0.05) is 300 Å². The van der Waals surface area contributed by atoms with Crippen LogP contribution in [0.2, 0.25) is 15.3 Å². The summed E-state index contributed by atoms with van der Waals surface area (Å²) >= 11 is 21.1. The normalized spacial score (nSPS) is 10.8. The summed E-state index contributed by atoms with van der Waals surface area (Å²) in [6, 6.07) is 103. The van der Waals surface area contributed by atoms with Crippen molar-refractivity contribution in [2.45, 2.75) is 12.8 Å². The highest BCUT2D eigenvalue weighted by molar-refractivity contribution is 9.10. The molecule has 0 fully saturated rings. The molecule has 0 spiro atoms. The van der Waals surface area contributed by atoms with Gasteiger partial charge in [0.15, 0.2) is 29.1 Å². The lowest BCUT2D eigenvalue weighted by Gasteiger charge is -2.08. The molecule has 16 rings (SSSR count). The van der Waals surface area contributed by atoms with Gasteiger partial charge in [-0.2, -0.15) is 9.97 Å². The van der Waals surface area contributed by atoms with Crippen LogP contribution >= 0.6 is 50.7 Å². The van der Waals surface area contributed by atoms with E-state index in [2.05, 4.69) is 161 Å². The van der Waals surface area contributed by atoms with E-state index in [-0.39, 0.29) is 5.28 Å². The molecule has 14 aromatic rings. The van der Waals surface area contributed by atoms with E-state index in [0.29, 0.717) is 50.1 Å². The number of nitrogens with zero attached hydrogens (tertiary/aromatic N) is 6. The zero-order valence-electron chi connectivity index (χ0n) is 51.6. The molecule has 0 saturated carbocycles. The van der Waals surface area contributed by atoms with E-state index in [1.807, 2.05) is 152 Å². The summed E-state index contributed by atoms with van der Waals surface area (Å²) in [6.07, 6.45) is 2.15. The first-order valence-corrected chi connectivity index (χ1v) is 32.6. The minimum atomic E-state index is -1.41. The van der Waals surface area contributed by atoms with E-state index in [0.717, 1.165) is 45.1 Å². The van der Waals surface area contributed by atoms with Gasteiger partial charge >= 0.3 is 14.2 Å². The molecule has 0 bridgehead atoms. The van der Waals surface area contributed by atoms with Crippen molar-refractivity contribution in [3.63, 3.8) is 0 Å². The minimum Gasteiger partial charge on any atom is -0.423 e. The molecule has 2 aromatic heterocycles. The summed E-state index contributed by atoms with van der Waals surface area (Å²) in [7, 11) is -2.75. The van der Waals surface area contributed by atoms with E-state index in [1.54, 1.807) is 48.5 Å². The average molecular weight is 1380 g/mol.